The van der Waals surface area contributed by atoms with Crippen molar-refractivity contribution in [1.82, 2.24) is 0 Å². The number of benzene rings is 1. The molecular formula is C13H18O. The monoisotopic (exact) mass is 190 g/mol. The van der Waals surface area contributed by atoms with E-state index in [-0.39, 0.29) is 0 Å². The summed E-state index contributed by atoms with van der Waals surface area (Å²) in [6.07, 6.45) is 2.81. The topological polar surface area (TPSA) is 9.23 Å². The molecule has 0 aliphatic carbocycles. The van der Waals surface area contributed by atoms with E-state index >= 15 is 0 Å². The first kappa shape index (κ1) is 10.8. The summed E-state index contributed by atoms with van der Waals surface area (Å²) >= 11 is 0. The van der Waals surface area contributed by atoms with Crippen molar-refractivity contribution in [1.29, 1.82) is 0 Å². The van der Waals surface area contributed by atoms with E-state index in [0.29, 0.717) is 5.92 Å². The van der Waals surface area contributed by atoms with E-state index in [2.05, 4.69) is 32.6 Å². The van der Waals surface area contributed by atoms with Gasteiger partial charge < -0.3 is 4.74 Å². The molecule has 0 aromatic heterocycles. The van der Waals surface area contributed by atoms with E-state index in [0.717, 1.165) is 18.8 Å². The molecule has 0 spiro atoms. The fourth-order valence-corrected chi connectivity index (χ4v) is 1.19. The van der Waals surface area contributed by atoms with E-state index in [4.69, 9.17) is 4.74 Å². The molecule has 0 atom stereocenters. The van der Waals surface area contributed by atoms with Crippen molar-refractivity contribution in [3.8, 4) is 5.75 Å². The van der Waals surface area contributed by atoms with Gasteiger partial charge in [-0.3, -0.25) is 0 Å². The minimum absolute atomic E-state index is 0.568. The van der Waals surface area contributed by atoms with Crippen LogP contribution in [0.3, 0.4) is 0 Å². The van der Waals surface area contributed by atoms with Gasteiger partial charge in [-0.15, -0.1) is 6.58 Å². The second kappa shape index (κ2) is 5.48. The van der Waals surface area contributed by atoms with Crippen molar-refractivity contribution >= 4 is 0 Å². The van der Waals surface area contributed by atoms with Gasteiger partial charge >= 0.3 is 0 Å². The molecular weight excluding hydrogens is 172 g/mol. The highest BCUT2D eigenvalue weighted by Gasteiger charge is 1.97. The van der Waals surface area contributed by atoms with E-state index in [1.54, 1.807) is 0 Å². The van der Waals surface area contributed by atoms with E-state index in [1.807, 2.05) is 18.2 Å². The normalized spacial score (nSPS) is 10.2. The van der Waals surface area contributed by atoms with Gasteiger partial charge in [0, 0.05) is 0 Å². The Morgan fingerprint density at radius 1 is 1.43 bits per heavy atom. The molecule has 0 unspecified atom stereocenters. The highest BCUT2D eigenvalue weighted by Crippen LogP contribution is 2.14. The minimum Gasteiger partial charge on any atom is -0.493 e. The van der Waals surface area contributed by atoms with Gasteiger partial charge in [0.15, 0.2) is 0 Å². The Balaban J connectivity index is 2.58. The predicted molar refractivity (Wildman–Crippen MR) is 60.7 cm³/mol. The first-order valence-electron chi connectivity index (χ1n) is 5.05. The van der Waals surface area contributed by atoms with Crippen LogP contribution in [0, 0.1) is 5.92 Å². The number of hydrogen-bond acceptors (Lipinski definition) is 1. The summed E-state index contributed by atoms with van der Waals surface area (Å²) in [6, 6.07) is 8.18. The maximum absolute atomic E-state index is 5.62. The van der Waals surface area contributed by atoms with Gasteiger partial charge in [0.2, 0.25) is 0 Å². The molecule has 1 aromatic rings. The largest absolute Gasteiger partial charge is 0.493 e. The second-order valence-electron chi connectivity index (χ2n) is 3.85. The summed E-state index contributed by atoms with van der Waals surface area (Å²) in [7, 11) is 0. The predicted octanol–water partition coefficient (Wildman–Crippen LogP) is 3.45. The lowest BCUT2D eigenvalue weighted by molar-refractivity contribution is 0.271. The van der Waals surface area contributed by atoms with Crippen LogP contribution in [0.25, 0.3) is 0 Å². The van der Waals surface area contributed by atoms with Crippen LogP contribution in [0.4, 0.5) is 0 Å². The van der Waals surface area contributed by atoms with E-state index in [1.165, 1.54) is 5.56 Å². The zero-order chi connectivity index (χ0) is 10.4. The molecule has 1 aromatic carbocycles. The Hall–Kier alpha value is -1.24. The van der Waals surface area contributed by atoms with Crippen molar-refractivity contribution in [2.75, 3.05) is 6.61 Å². The van der Waals surface area contributed by atoms with Gasteiger partial charge in [-0.1, -0.05) is 32.1 Å². The second-order valence-corrected chi connectivity index (χ2v) is 3.85. The van der Waals surface area contributed by atoms with Crippen LogP contribution in [0.2, 0.25) is 0 Å². The highest BCUT2D eigenvalue weighted by atomic mass is 16.5. The third kappa shape index (κ3) is 3.65. The lowest BCUT2D eigenvalue weighted by Gasteiger charge is -2.09. The van der Waals surface area contributed by atoms with E-state index < -0.39 is 0 Å². The van der Waals surface area contributed by atoms with Crippen LogP contribution < -0.4 is 4.74 Å². The molecule has 14 heavy (non-hydrogen) atoms. The van der Waals surface area contributed by atoms with Crippen LogP contribution in [0.5, 0.6) is 5.75 Å². The van der Waals surface area contributed by atoms with Crippen LogP contribution in [0.1, 0.15) is 19.4 Å². The Kier molecular flexibility index (Phi) is 4.24. The smallest absolute Gasteiger partial charge is 0.119 e. The first-order valence-corrected chi connectivity index (χ1v) is 5.05. The Morgan fingerprint density at radius 2 is 2.21 bits per heavy atom. The summed E-state index contributed by atoms with van der Waals surface area (Å²) in [5.41, 5.74) is 1.25. The Morgan fingerprint density at radius 3 is 2.86 bits per heavy atom. The summed E-state index contributed by atoms with van der Waals surface area (Å²) in [4.78, 5) is 0. The maximum atomic E-state index is 5.62. The number of rotatable bonds is 5. The lowest BCUT2D eigenvalue weighted by Crippen LogP contribution is -2.04. The first-order chi connectivity index (χ1) is 6.72. The van der Waals surface area contributed by atoms with Gasteiger partial charge in [0.05, 0.1) is 6.61 Å². The molecule has 1 rings (SSSR count). The fraction of sp³-hybridized carbons (Fsp3) is 0.385. The average Bonchev–Trinajstić information content (AvgIpc) is 2.16. The zero-order valence-corrected chi connectivity index (χ0v) is 8.99. The number of allylic oxidation sites excluding steroid dienone is 1. The molecule has 1 heteroatoms. The number of hydrogen-bond donors (Lipinski definition) is 0. The van der Waals surface area contributed by atoms with Crippen molar-refractivity contribution in [2.24, 2.45) is 5.92 Å². The minimum atomic E-state index is 0.568. The van der Waals surface area contributed by atoms with Crippen LogP contribution >= 0.6 is 0 Å². The Labute approximate surface area is 86.4 Å². The molecule has 0 aliphatic heterocycles. The number of ether oxygens (including phenoxy) is 1. The molecule has 0 heterocycles. The highest BCUT2D eigenvalue weighted by molar-refractivity contribution is 5.29. The van der Waals surface area contributed by atoms with Crippen LogP contribution in [-0.2, 0) is 6.42 Å². The van der Waals surface area contributed by atoms with Gasteiger partial charge in [-0.2, -0.15) is 0 Å². The fourth-order valence-electron chi connectivity index (χ4n) is 1.19. The van der Waals surface area contributed by atoms with Gasteiger partial charge in [-0.05, 0) is 30.0 Å². The third-order valence-corrected chi connectivity index (χ3v) is 1.86. The molecule has 0 fully saturated rings. The van der Waals surface area contributed by atoms with E-state index in [9.17, 15) is 0 Å². The molecule has 0 saturated heterocycles. The molecule has 1 nitrogen and oxygen atoms in total. The zero-order valence-electron chi connectivity index (χ0n) is 8.99. The standard InChI is InChI=1S/C13H18O/c1-4-6-12-7-5-8-13(9-12)14-10-11(2)3/h4-5,7-9,11H,1,6,10H2,2-3H3. The van der Waals surface area contributed by atoms with Gasteiger partial charge in [-0.25, -0.2) is 0 Å². The average molecular weight is 190 g/mol. The van der Waals surface area contributed by atoms with Crippen LogP contribution in [0.15, 0.2) is 36.9 Å². The summed E-state index contributed by atoms with van der Waals surface area (Å²) in [5.74, 6) is 1.52. The van der Waals surface area contributed by atoms with Gasteiger partial charge in [0.25, 0.3) is 0 Å². The molecule has 0 radical (unpaired) electrons. The van der Waals surface area contributed by atoms with Gasteiger partial charge in [0.1, 0.15) is 5.75 Å². The van der Waals surface area contributed by atoms with Crippen molar-refractivity contribution in [3.05, 3.63) is 42.5 Å². The van der Waals surface area contributed by atoms with Crippen molar-refractivity contribution in [2.45, 2.75) is 20.3 Å². The maximum Gasteiger partial charge on any atom is 0.119 e. The SMILES string of the molecule is C=CCc1cccc(OCC(C)C)c1. The summed E-state index contributed by atoms with van der Waals surface area (Å²) in [6.45, 7) is 8.79. The Bertz CT molecular complexity index is 289. The lowest BCUT2D eigenvalue weighted by atomic mass is 10.1. The molecule has 0 bridgehead atoms. The molecule has 76 valence electrons. The summed E-state index contributed by atoms with van der Waals surface area (Å²) < 4.78 is 5.62. The van der Waals surface area contributed by atoms with Crippen molar-refractivity contribution < 1.29 is 4.74 Å². The third-order valence-electron chi connectivity index (χ3n) is 1.86. The van der Waals surface area contributed by atoms with Crippen molar-refractivity contribution in [3.63, 3.8) is 0 Å². The quantitative estimate of drug-likeness (QED) is 0.646. The molecule has 0 amide bonds. The molecule has 0 N–H and O–H groups in total. The summed E-state index contributed by atoms with van der Waals surface area (Å²) in [5, 5.41) is 0. The molecule has 0 saturated carbocycles. The van der Waals surface area contributed by atoms with Crippen LogP contribution in [-0.4, -0.2) is 6.61 Å². The molecule has 0 aliphatic rings.